The second-order valence-electron chi connectivity index (χ2n) is 2.42. The molecule has 2 nitrogen and oxygen atoms in total. The molecule has 1 amide bonds. The van der Waals surface area contributed by atoms with Gasteiger partial charge in [-0.1, -0.05) is 0 Å². The normalized spacial score (nSPS) is 10.4. The van der Waals surface area contributed by atoms with Crippen LogP contribution in [-0.4, -0.2) is 6.41 Å². The van der Waals surface area contributed by atoms with Crippen LogP contribution in [0.3, 0.4) is 0 Å². The largest absolute Gasteiger partial charge is 0.325 e. The van der Waals surface area contributed by atoms with Gasteiger partial charge in [0, 0.05) is 10.0 Å². The predicted octanol–water partition coefficient (Wildman–Crippen LogP) is 3.09. The number of rotatable bonds is 3. The van der Waals surface area contributed by atoms with Crippen molar-refractivity contribution in [2.24, 2.45) is 0 Å². The first kappa shape index (κ1) is 11.0. The fraction of sp³-hybridized carbons (Fsp3) is 0.125. The number of anilines is 1. The van der Waals surface area contributed by atoms with Crippen molar-refractivity contribution >= 4 is 28.0 Å². The summed E-state index contributed by atoms with van der Waals surface area (Å²) in [5.74, 6) is -0.901. The minimum Gasteiger partial charge on any atom is -0.325 e. The fourth-order valence-electron chi connectivity index (χ4n) is 0.916. The average Bonchev–Trinajstić information content (AvgIpc) is 2.10. The zero-order chi connectivity index (χ0) is 10.7. The standard InChI is InChI=1S/C8H5BrF3NO/c9-5-1-4(8(11)12)2-6(10)7(5)13-3-14/h1-3,8H,(H,13,14). The first-order valence-corrected chi connectivity index (χ1v) is 4.33. The summed E-state index contributed by atoms with van der Waals surface area (Å²) in [5.41, 5.74) is -0.588. The van der Waals surface area contributed by atoms with Gasteiger partial charge < -0.3 is 5.32 Å². The van der Waals surface area contributed by atoms with Gasteiger partial charge >= 0.3 is 0 Å². The van der Waals surface area contributed by atoms with Crippen LogP contribution in [0, 0.1) is 5.82 Å². The van der Waals surface area contributed by atoms with Gasteiger partial charge in [-0.25, -0.2) is 13.2 Å². The van der Waals surface area contributed by atoms with E-state index in [1.807, 2.05) is 0 Å². The molecule has 0 unspecified atom stereocenters. The Morgan fingerprint density at radius 3 is 2.50 bits per heavy atom. The number of hydrogen-bond acceptors (Lipinski definition) is 1. The van der Waals surface area contributed by atoms with Gasteiger partial charge in [-0.05, 0) is 28.1 Å². The molecule has 76 valence electrons. The molecule has 14 heavy (non-hydrogen) atoms. The van der Waals surface area contributed by atoms with Crippen molar-refractivity contribution in [2.75, 3.05) is 5.32 Å². The van der Waals surface area contributed by atoms with Gasteiger partial charge in [-0.15, -0.1) is 0 Å². The Kier molecular flexibility index (Phi) is 3.51. The monoisotopic (exact) mass is 267 g/mol. The number of amides is 1. The van der Waals surface area contributed by atoms with E-state index in [0.717, 1.165) is 6.07 Å². The van der Waals surface area contributed by atoms with E-state index in [0.29, 0.717) is 6.07 Å². The number of carbonyl (C=O) groups is 1. The van der Waals surface area contributed by atoms with E-state index >= 15 is 0 Å². The molecule has 1 rings (SSSR count). The molecule has 1 aromatic carbocycles. The van der Waals surface area contributed by atoms with Gasteiger partial charge in [0.05, 0.1) is 5.69 Å². The molecule has 0 spiro atoms. The summed E-state index contributed by atoms with van der Waals surface area (Å²) < 4.78 is 37.5. The highest BCUT2D eigenvalue weighted by molar-refractivity contribution is 9.10. The van der Waals surface area contributed by atoms with Crippen LogP contribution in [0.1, 0.15) is 12.0 Å². The van der Waals surface area contributed by atoms with Gasteiger partial charge in [0.2, 0.25) is 6.41 Å². The van der Waals surface area contributed by atoms with Crippen LogP contribution in [-0.2, 0) is 4.79 Å². The second-order valence-corrected chi connectivity index (χ2v) is 3.28. The van der Waals surface area contributed by atoms with Crippen molar-refractivity contribution < 1.29 is 18.0 Å². The van der Waals surface area contributed by atoms with Crippen molar-refractivity contribution in [2.45, 2.75) is 6.43 Å². The third-order valence-corrected chi connectivity index (χ3v) is 2.15. The zero-order valence-corrected chi connectivity index (χ0v) is 8.32. The summed E-state index contributed by atoms with van der Waals surface area (Å²) in [7, 11) is 0. The molecule has 6 heteroatoms. The fourth-order valence-corrected chi connectivity index (χ4v) is 1.48. The van der Waals surface area contributed by atoms with Gasteiger partial charge in [0.1, 0.15) is 5.82 Å². The summed E-state index contributed by atoms with van der Waals surface area (Å²) in [6.07, 6.45) is -2.48. The minimum atomic E-state index is -2.74. The molecule has 0 aliphatic rings. The van der Waals surface area contributed by atoms with E-state index < -0.39 is 17.8 Å². The highest BCUT2D eigenvalue weighted by Gasteiger charge is 2.14. The molecular weight excluding hydrogens is 263 g/mol. The van der Waals surface area contributed by atoms with E-state index in [-0.39, 0.29) is 16.6 Å². The third kappa shape index (κ3) is 2.25. The average molecular weight is 268 g/mol. The second kappa shape index (κ2) is 4.45. The maximum absolute atomic E-state index is 13.1. The van der Waals surface area contributed by atoms with Crippen molar-refractivity contribution in [1.82, 2.24) is 0 Å². The molecule has 0 saturated heterocycles. The topological polar surface area (TPSA) is 29.1 Å². The summed E-state index contributed by atoms with van der Waals surface area (Å²) in [5, 5.41) is 2.06. The number of hydrogen-bond donors (Lipinski definition) is 1. The lowest BCUT2D eigenvalue weighted by Gasteiger charge is -2.07. The van der Waals surface area contributed by atoms with Crippen LogP contribution < -0.4 is 5.32 Å². The zero-order valence-electron chi connectivity index (χ0n) is 6.73. The van der Waals surface area contributed by atoms with Crippen molar-refractivity contribution in [1.29, 1.82) is 0 Å². The minimum absolute atomic E-state index is 0.0832. The molecule has 0 aromatic heterocycles. The summed E-state index contributed by atoms with van der Waals surface area (Å²) in [6.45, 7) is 0. The molecule has 0 fully saturated rings. The lowest BCUT2D eigenvalue weighted by atomic mass is 10.2. The summed E-state index contributed by atoms with van der Waals surface area (Å²) in [6, 6.07) is 1.74. The molecule has 0 radical (unpaired) electrons. The number of carbonyl (C=O) groups excluding carboxylic acids is 1. The Labute approximate surface area is 86.2 Å². The number of benzene rings is 1. The molecule has 0 heterocycles. The van der Waals surface area contributed by atoms with Crippen molar-refractivity contribution in [3.05, 3.63) is 28.0 Å². The number of nitrogens with one attached hydrogen (secondary N) is 1. The maximum Gasteiger partial charge on any atom is 0.263 e. The molecule has 0 bridgehead atoms. The van der Waals surface area contributed by atoms with Crippen LogP contribution in [0.25, 0.3) is 0 Å². The van der Waals surface area contributed by atoms with E-state index in [1.54, 1.807) is 0 Å². The Bertz CT molecular complexity index is 333. The van der Waals surface area contributed by atoms with E-state index in [1.165, 1.54) is 0 Å². The first-order valence-electron chi connectivity index (χ1n) is 3.53. The molecule has 0 aliphatic heterocycles. The summed E-state index contributed by atoms with van der Waals surface area (Å²) in [4.78, 5) is 10.1. The molecule has 1 aromatic rings. The van der Waals surface area contributed by atoms with Crippen LogP contribution in [0.2, 0.25) is 0 Å². The predicted molar refractivity (Wildman–Crippen MR) is 48.7 cm³/mol. The lowest BCUT2D eigenvalue weighted by molar-refractivity contribution is -0.105. The molecule has 1 N–H and O–H groups in total. The smallest absolute Gasteiger partial charge is 0.263 e. The first-order chi connectivity index (χ1) is 6.56. The molecule has 0 aliphatic carbocycles. The van der Waals surface area contributed by atoms with Crippen LogP contribution >= 0.6 is 15.9 Å². The number of alkyl halides is 2. The quantitative estimate of drug-likeness (QED) is 0.838. The van der Waals surface area contributed by atoms with Crippen LogP contribution in [0.15, 0.2) is 16.6 Å². The summed E-state index contributed by atoms with van der Waals surface area (Å²) >= 11 is 2.87. The van der Waals surface area contributed by atoms with E-state index in [4.69, 9.17) is 0 Å². The SMILES string of the molecule is O=CNc1c(F)cc(C(F)F)cc1Br. The Balaban J connectivity index is 3.17. The van der Waals surface area contributed by atoms with Gasteiger partial charge in [0.15, 0.2) is 0 Å². The lowest BCUT2D eigenvalue weighted by Crippen LogP contribution is -1.99. The van der Waals surface area contributed by atoms with Crippen LogP contribution in [0.4, 0.5) is 18.9 Å². The van der Waals surface area contributed by atoms with Crippen molar-refractivity contribution in [3.63, 3.8) is 0 Å². The third-order valence-electron chi connectivity index (χ3n) is 1.52. The van der Waals surface area contributed by atoms with Gasteiger partial charge in [-0.2, -0.15) is 0 Å². The Morgan fingerprint density at radius 1 is 1.43 bits per heavy atom. The molecule has 0 saturated carbocycles. The molecular formula is C8H5BrF3NO. The number of halogens is 4. The Morgan fingerprint density at radius 2 is 2.07 bits per heavy atom. The van der Waals surface area contributed by atoms with Crippen molar-refractivity contribution in [3.8, 4) is 0 Å². The highest BCUT2D eigenvalue weighted by Crippen LogP contribution is 2.30. The van der Waals surface area contributed by atoms with E-state index in [9.17, 15) is 18.0 Å². The maximum atomic E-state index is 13.1. The Hall–Kier alpha value is -1.04. The van der Waals surface area contributed by atoms with Crippen LogP contribution in [0.5, 0.6) is 0 Å². The van der Waals surface area contributed by atoms with Gasteiger partial charge in [-0.3, -0.25) is 4.79 Å². The highest BCUT2D eigenvalue weighted by atomic mass is 79.9. The molecule has 0 atom stereocenters. The van der Waals surface area contributed by atoms with Gasteiger partial charge in [0.25, 0.3) is 6.43 Å². The van der Waals surface area contributed by atoms with E-state index in [2.05, 4.69) is 21.2 Å².